The maximum absolute atomic E-state index is 13.4. The van der Waals surface area contributed by atoms with Crippen LogP contribution in [0.1, 0.15) is 12.5 Å². The Morgan fingerprint density at radius 2 is 1.45 bits per heavy atom. The number of hydrogen-bond acceptors (Lipinski definition) is 4. The van der Waals surface area contributed by atoms with E-state index in [1.54, 1.807) is 55.6 Å². The summed E-state index contributed by atoms with van der Waals surface area (Å²) in [6.07, 6.45) is 0. The summed E-state index contributed by atoms with van der Waals surface area (Å²) in [6, 6.07) is 20.5. The van der Waals surface area contributed by atoms with Crippen LogP contribution in [-0.2, 0) is 16.6 Å². The van der Waals surface area contributed by atoms with Gasteiger partial charge in [-0.3, -0.25) is 4.31 Å². The van der Waals surface area contributed by atoms with Crippen LogP contribution in [-0.4, -0.2) is 22.1 Å². The van der Waals surface area contributed by atoms with Crippen LogP contribution in [0, 0.1) is 0 Å². The molecule has 0 saturated heterocycles. The molecule has 0 amide bonds. The number of methoxy groups -OCH3 is 1. The van der Waals surface area contributed by atoms with Crippen LogP contribution in [0.2, 0.25) is 5.02 Å². The van der Waals surface area contributed by atoms with E-state index in [9.17, 15) is 8.42 Å². The first kappa shape index (κ1) is 21.0. The van der Waals surface area contributed by atoms with Gasteiger partial charge in [-0.15, -0.1) is 0 Å². The summed E-state index contributed by atoms with van der Waals surface area (Å²) in [5, 5.41) is 0.478. The normalized spacial score (nSPS) is 11.1. The third-order valence-corrected chi connectivity index (χ3v) is 6.36. The number of ether oxygens (including phenoxy) is 2. The molecule has 5 nitrogen and oxygen atoms in total. The largest absolute Gasteiger partial charge is 0.497 e. The Labute approximate surface area is 176 Å². The minimum atomic E-state index is -3.81. The summed E-state index contributed by atoms with van der Waals surface area (Å²) in [5.41, 5.74) is 1.37. The van der Waals surface area contributed by atoms with Crippen molar-refractivity contribution >= 4 is 27.3 Å². The van der Waals surface area contributed by atoms with Crippen molar-refractivity contribution in [3.8, 4) is 11.5 Å². The van der Waals surface area contributed by atoms with Crippen molar-refractivity contribution in [2.24, 2.45) is 0 Å². The molecule has 0 bridgehead atoms. The van der Waals surface area contributed by atoms with E-state index in [1.165, 1.54) is 16.4 Å². The maximum atomic E-state index is 13.4. The Morgan fingerprint density at radius 3 is 2.00 bits per heavy atom. The number of nitrogens with zero attached hydrogens (tertiary/aromatic N) is 1. The van der Waals surface area contributed by atoms with Crippen LogP contribution in [0.5, 0.6) is 11.5 Å². The molecule has 0 spiro atoms. The van der Waals surface area contributed by atoms with Crippen LogP contribution in [0.25, 0.3) is 0 Å². The summed E-state index contributed by atoms with van der Waals surface area (Å²) in [7, 11) is -2.22. The molecule has 0 unspecified atom stereocenters. The second-order valence-corrected chi connectivity index (χ2v) is 8.54. The summed E-state index contributed by atoms with van der Waals surface area (Å²) < 4.78 is 38.8. The summed E-state index contributed by atoms with van der Waals surface area (Å²) in [4.78, 5) is 0.171. The lowest BCUT2D eigenvalue weighted by Gasteiger charge is -2.25. The lowest BCUT2D eigenvalue weighted by molar-refractivity contribution is 0.340. The van der Waals surface area contributed by atoms with Crippen LogP contribution in [0.4, 0.5) is 5.69 Å². The first-order valence-corrected chi connectivity index (χ1v) is 10.9. The molecule has 0 saturated carbocycles. The van der Waals surface area contributed by atoms with Crippen molar-refractivity contribution in [1.82, 2.24) is 0 Å². The average molecular weight is 432 g/mol. The van der Waals surface area contributed by atoms with Gasteiger partial charge in [0, 0.05) is 5.02 Å². The van der Waals surface area contributed by atoms with Crippen LogP contribution in [0.3, 0.4) is 0 Å². The van der Waals surface area contributed by atoms with Crippen molar-refractivity contribution < 1.29 is 17.9 Å². The van der Waals surface area contributed by atoms with E-state index in [4.69, 9.17) is 21.1 Å². The third-order valence-electron chi connectivity index (χ3n) is 4.32. The number of hydrogen-bond donors (Lipinski definition) is 0. The Balaban J connectivity index is 2.00. The standard InChI is InChI=1S/C22H22ClNO4S/c1-3-28-21-12-8-19(9-13-21)24(16-17-4-10-20(27-2)11-5-17)29(25,26)22-14-6-18(23)7-15-22/h4-15H,3,16H2,1-2H3. The molecule has 0 N–H and O–H groups in total. The van der Waals surface area contributed by atoms with Crippen molar-refractivity contribution in [2.75, 3.05) is 18.0 Å². The van der Waals surface area contributed by atoms with E-state index in [0.29, 0.717) is 28.8 Å². The molecule has 0 radical (unpaired) electrons. The fourth-order valence-corrected chi connectivity index (χ4v) is 4.40. The Hall–Kier alpha value is -2.70. The van der Waals surface area contributed by atoms with Gasteiger partial charge in [0.05, 0.1) is 30.8 Å². The molecule has 152 valence electrons. The molecule has 0 aliphatic carbocycles. The molecule has 0 aliphatic heterocycles. The Bertz CT molecular complexity index is 1030. The quantitative estimate of drug-likeness (QED) is 0.495. The Morgan fingerprint density at radius 1 is 0.862 bits per heavy atom. The molecular formula is C22H22ClNO4S. The highest BCUT2D eigenvalue weighted by molar-refractivity contribution is 7.92. The highest BCUT2D eigenvalue weighted by Gasteiger charge is 2.25. The lowest BCUT2D eigenvalue weighted by atomic mass is 10.2. The minimum absolute atomic E-state index is 0.170. The van der Waals surface area contributed by atoms with Gasteiger partial charge >= 0.3 is 0 Å². The zero-order valence-electron chi connectivity index (χ0n) is 16.2. The highest BCUT2D eigenvalue weighted by atomic mass is 35.5. The fraction of sp³-hybridized carbons (Fsp3) is 0.182. The van der Waals surface area contributed by atoms with Crippen molar-refractivity contribution in [2.45, 2.75) is 18.4 Å². The van der Waals surface area contributed by atoms with Crippen LogP contribution >= 0.6 is 11.6 Å². The highest BCUT2D eigenvalue weighted by Crippen LogP contribution is 2.29. The van der Waals surface area contributed by atoms with Gasteiger partial charge in [0.2, 0.25) is 0 Å². The summed E-state index contributed by atoms with van der Waals surface area (Å²) >= 11 is 5.93. The average Bonchev–Trinajstić information content (AvgIpc) is 2.73. The van der Waals surface area contributed by atoms with Gasteiger partial charge in [-0.2, -0.15) is 0 Å². The number of anilines is 1. The van der Waals surface area contributed by atoms with Gasteiger partial charge in [-0.1, -0.05) is 23.7 Å². The van der Waals surface area contributed by atoms with E-state index in [0.717, 1.165) is 5.56 Å². The van der Waals surface area contributed by atoms with Gasteiger partial charge in [0.15, 0.2) is 0 Å². The van der Waals surface area contributed by atoms with Crippen LogP contribution in [0.15, 0.2) is 77.7 Å². The van der Waals surface area contributed by atoms with Gasteiger partial charge in [0.25, 0.3) is 10.0 Å². The molecular weight excluding hydrogens is 410 g/mol. The summed E-state index contributed by atoms with van der Waals surface area (Å²) in [5.74, 6) is 1.39. The van der Waals surface area contributed by atoms with Gasteiger partial charge in [-0.05, 0) is 73.2 Å². The molecule has 3 aromatic rings. The summed E-state index contributed by atoms with van der Waals surface area (Å²) in [6.45, 7) is 2.61. The first-order valence-electron chi connectivity index (χ1n) is 9.08. The molecule has 0 fully saturated rings. The third kappa shape index (κ3) is 5.02. The predicted octanol–water partition coefficient (Wildman–Crippen LogP) is 5.14. The molecule has 3 rings (SSSR count). The zero-order valence-corrected chi connectivity index (χ0v) is 17.8. The predicted molar refractivity (Wildman–Crippen MR) is 115 cm³/mol. The molecule has 0 atom stereocenters. The minimum Gasteiger partial charge on any atom is -0.497 e. The van der Waals surface area contributed by atoms with E-state index in [-0.39, 0.29) is 11.4 Å². The lowest BCUT2D eigenvalue weighted by Crippen LogP contribution is -2.30. The molecule has 0 heterocycles. The molecule has 29 heavy (non-hydrogen) atoms. The second-order valence-electron chi connectivity index (χ2n) is 6.24. The first-order chi connectivity index (χ1) is 13.9. The topological polar surface area (TPSA) is 55.8 Å². The molecule has 0 aromatic heterocycles. The van der Waals surface area contributed by atoms with Crippen molar-refractivity contribution in [3.63, 3.8) is 0 Å². The monoisotopic (exact) mass is 431 g/mol. The van der Waals surface area contributed by atoms with Gasteiger partial charge < -0.3 is 9.47 Å². The van der Waals surface area contributed by atoms with Gasteiger partial charge in [-0.25, -0.2) is 8.42 Å². The SMILES string of the molecule is CCOc1ccc(N(Cc2ccc(OC)cc2)S(=O)(=O)c2ccc(Cl)cc2)cc1. The van der Waals surface area contributed by atoms with Crippen molar-refractivity contribution in [3.05, 3.63) is 83.4 Å². The Kier molecular flexibility index (Phi) is 6.67. The molecule has 0 aliphatic rings. The number of rotatable bonds is 8. The van der Waals surface area contributed by atoms with E-state index in [1.807, 2.05) is 19.1 Å². The second kappa shape index (κ2) is 9.20. The van der Waals surface area contributed by atoms with E-state index >= 15 is 0 Å². The van der Waals surface area contributed by atoms with Gasteiger partial charge in [0.1, 0.15) is 11.5 Å². The van der Waals surface area contributed by atoms with Crippen molar-refractivity contribution in [1.29, 1.82) is 0 Å². The van der Waals surface area contributed by atoms with E-state index in [2.05, 4.69) is 0 Å². The van der Waals surface area contributed by atoms with Crippen LogP contribution < -0.4 is 13.8 Å². The fourth-order valence-electron chi connectivity index (χ4n) is 2.82. The number of sulfonamides is 1. The maximum Gasteiger partial charge on any atom is 0.264 e. The number of benzene rings is 3. The van der Waals surface area contributed by atoms with E-state index < -0.39 is 10.0 Å². The smallest absolute Gasteiger partial charge is 0.264 e. The zero-order chi connectivity index (χ0) is 20.9. The molecule has 7 heteroatoms. The molecule has 3 aromatic carbocycles. The number of halogens is 1.